The van der Waals surface area contributed by atoms with Crippen molar-refractivity contribution in [2.75, 3.05) is 32.7 Å². The van der Waals surface area contributed by atoms with Gasteiger partial charge in [0.05, 0.1) is 10.0 Å². The molecule has 0 spiro atoms. The van der Waals surface area contributed by atoms with E-state index in [1.807, 2.05) is 0 Å². The molecule has 1 saturated heterocycles. The van der Waals surface area contributed by atoms with Crippen LogP contribution in [-0.2, 0) is 14.8 Å². The number of halogens is 3. The molecule has 10 heteroatoms. The maximum atomic E-state index is 12.7. The molecule has 1 amide bonds. The Hall–Kier alpha value is -0.570. The summed E-state index contributed by atoms with van der Waals surface area (Å²) in [5, 5.41) is 0.211. The first-order valence-corrected chi connectivity index (χ1v) is 9.41. The number of carbonyl (C=O) groups excluding carboxylic acids is 1. The van der Waals surface area contributed by atoms with Crippen LogP contribution in [0.15, 0.2) is 23.1 Å². The molecule has 1 aromatic carbocycles. The van der Waals surface area contributed by atoms with Crippen molar-refractivity contribution in [2.45, 2.75) is 11.8 Å². The summed E-state index contributed by atoms with van der Waals surface area (Å²) < 4.78 is 26.7. The first kappa shape index (κ1) is 21.5. The van der Waals surface area contributed by atoms with Gasteiger partial charge < -0.3 is 10.6 Å². The summed E-state index contributed by atoms with van der Waals surface area (Å²) in [5.74, 6) is -0.314. The van der Waals surface area contributed by atoms with Crippen molar-refractivity contribution >= 4 is 51.5 Å². The van der Waals surface area contributed by atoms with Gasteiger partial charge in [-0.1, -0.05) is 36.2 Å². The summed E-state index contributed by atoms with van der Waals surface area (Å²) in [4.78, 5) is 13.7. The molecule has 1 fully saturated rings. The Balaban J connectivity index is 0.00000288. The molecular formula is C14H20Cl3N3O3S. The average Bonchev–Trinajstić information content (AvgIpc) is 2.55. The number of benzene rings is 1. The first-order chi connectivity index (χ1) is 10.8. The van der Waals surface area contributed by atoms with Crippen LogP contribution in [0.5, 0.6) is 0 Å². The van der Waals surface area contributed by atoms with Gasteiger partial charge in [0.25, 0.3) is 0 Å². The van der Waals surface area contributed by atoms with Gasteiger partial charge in [-0.05, 0) is 12.1 Å². The van der Waals surface area contributed by atoms with Crippen LogP contribution in [0.4, 0.5) is 0 Å². The van der Waals surface area contributed by atoms with Crippen LogP contribution >= 0.6 is 35.6 Å². The minimum atomic E-state index is -3.74. The monoisotopic (exact) mass is 415 g/mol. The van der Waals surface area contributed by atoms with Gasteiger partial charge in [-0.25, -0.2) is 8.42 Å². The second-order valence-electron chi connectivity index (χ2n) is 5.42. The first-order valence-electron chi connectivity index (χ1n) is 7.22. The van der Waals surface area contributed by atoms with E-state index < -0.39 is 10.0 Å². The number of rotatable bonds is 4. The molecular weight excluding hydrogens is 397 g/mol. The maximum absolute atomic E-state index is 12.7. The molecule has 24 heavy (non-hydrogen) atoms. The van der Waals surface area contributed by atoms with E-state index in [-0.39, 0.29) is 58.8 Å². The van der Waals surface area contributed by atoms with E-state index in [1.165, 1.54) is 16.4 Å². The van der Waals surface area contributed by atoms with Crippen molar-refractivity contribution in [1.82, 2.24) is 9.21 Å². The Morgan fingerprint density at radius 1 is 1.25 bits per heavy atom. The SMILES string of the molecule is CC(CN)C(=O)N1CCN(S(=O)(=O)c2cccc(Cl)c2Cl)CC1.Cl. The van der Waals surface area contributed by atoms with Crippen LogP contribution in [-0.4, -0.2) is 56.3 Å². The van der Waals surface area contributed by atoms with Crippen LogP contribution in [0.3, 0.4) is 0 Å². The van der Waals surface area contributed by atoms with Gasteiger partial charge in [0.2, 0.25) is 15.9 Å². The smallest absolute Gasteiger partial charge is 0.244 e. The molecule has 0 aromatic heterocycles. The third kappa shape index (κ3) is 4.33. The van der Waals surface area contributed by atoms with E-state index in [2.05, 4.69) is 0 Å². The molecule has 0 bridgehead atoms. The summed E-state index contributed by atoms with van der Waals surface area (Å²) in [6, 6.07) is 4.51. The quantitative estimate of drug-likeness (QED) is 0.812. The van der Waals surface area contributed by atoms with Gasteiger partial charge in [0, 0.05) is 38.6 Å². The van der Waals surface area contributed by atoms with Crippen LogP contribution in [0.2, 0.25) is 10.0 Å². The number of nitrogens with two attached hydrogens (primary N) is 1. The molecule has 1 aromatic rings. The second-order valence-corrected chi connectivity index (χ2v) is 8.11. The summed E-state index contributed by atoms with van der Waals surface area (Å²) in [6.45, 7) is 3.14. The van der Waals surface area contributed by atoms with Gasteiger partial charge in [-0.3, -0.25) is 4.79 Å². The van der Waals surface area contributed by atoms with E-state index in [0.717, 1.165) is 0 Å². The predicted molar refractivity (Wildman–Crippen MR) is 97.3 cm³/mol. The molecule has 1 heterocycles. The standard InChI is InChI=1S/C14H19Cl2N3O3S.ClH/c1-10(9-17)14(20)18-5-7-19(8-6-18)23(21,22)12-4-2-3-11(15)13(12)16;/h2-4,10H,5-9,17H2,1H3;1H. The van der Waals surface area contributed by atoms with Crippen LogP contribution < -0.4 is 5.73 Å². The van der Waals surface area contributed by atoms with Crippen molar-refractivity contribution in [3.63, 3.8) is 0 Å². The molecule has 0 saturated carbocycles. The minimum absolute atomic E-state index is 0. The molecule has 1 aliphatic heterocycles. The molecule has 2 N–H and O–H groups in total. The van der Waals surface area contributed by atoms with Crippen molar-refractivity contribution < 1.29 is 13.2 Å². The van der Waals surface area contributed by atoms with Crippen molar-refractivity contribution in [1.29, 1.82) is 0 Å². The van der Waals surface area contributed by atoms with Crippen molar-refractivity contribution in [3.05, 3.63) is 28.2 Å². The summed E-state index contributed by atoms with van der Waals surface area (Å²) in [6.07, 6.45) is 0. The average molecular weight is 417 g/mol. The largest absolute Gasteiger partial charge is 0.340 e. The molecule has 1 aliphatic rings. The van der Waals surface area contributed by atoms with Crippen LogP contribution in [0, 0.1) is 5.92 Å². The lowest BCUT2D eigenvalue weighted by Gasteiger charge is -2.35. The minimum Gasteiger partial charge on any atom is -0.340 e. The van der Waals surface area contributed by atoms with E-state index in [4.69, 9.17) is 28.9 Å². The molecule has 0 aliphatic carbocycles. The lowest BCUT2D eigenvalue weighted by molar-refractivity contribution is -0.135. The topological polar surface area (TPSA) is 83.7 Å². The third-order valence-electron chi connectivity index (χ3n) is 3.86. The zero-order valence-electron chi connectivity index (χ0n) is 13.1. The van der Waals surface area contributed by atoms with Crippen molar-refractivity contribution in [3.8, 4) is 0 Å². The molecule has 1 unspecified atom stereocenters. The fourth-order valence-electron chi connectivity index (χ4n) is 2.38. The molecule has 2 rings (SSSR count). The highest BCUT2D eigenvalue weighted by atomic mass is 35.5. The molecule has 1 atom stereocenters. The Labute approximate surface area is 158 Å². The summed E-state index contributed by atoms with van der Waals surface area (Å²) >= 11 is 11.9. The van der Waals surface area contributed by atoms with E-state index in [9.17, 15) is 13.2 Å². The van der Waals surface area contributed by atoms with E-state index >= 15 is 0 Å². The highest BCUT2D eigenvalue weighted by molar-refractivity contribution is 7.89. The van der Waals surface area contributed by atoms with Gasteiger partial charge in [-0.2, -0.15) is 4.31 Å². The van der Waals surface area contributed by atoms with Crippen LogP contribution in [0.1, 0.15) is 6.92 Å². The normalized spacial score (nSPS) is 17.2. The van der Waals surface area contributed by atoms with Gasteiger partial charge in [0.1, 0.15) is 4.90 Å². The molecule has 0 radical (unpaired) electrons. The maximum Gasteiger partial charge on any atom is 0.244 e. The number of nitrogens with zero attached hydrogens (tertiary/aromatic N) is 2. The zero-order chi connectivity index (χ0) is 17.2. The van der Waals surface area contributed by atoms with Gasteiger partial charge >= 0.3 is 0 Å². The van der Waals surface area contributed by atoms with Crippen LogP contribution in [0.25, 0.3) is 0 Å². The lowest BCUT2D eigenvalue weighted by Crippen LogP contribution is -2.52. The Bertz CT molecular complexity index is 692. The lowest BCUT2D eigenvalue weighted by atomic mass is 10.1. The summed E-state index contributed by atoms with van der Waals surface area (Å²) in [5.41, 5.74) is 5.50. The predicted octanol–water partition coefficient (Wildman–Crippen LogP) is 1.84. The summed E-state index contributed by atoms with van der Waals surface area (Å²) in [7, 11) is -3.74. The van der Waals surface area contributed by atoms with E-state index in [1.54, 1.807) is 17.9 Å². The Morgan fingerprint density at radius 3 is 2.38 bits per heavy atom. The number of amides is 1. The third-order valence-corrected chi connectivity index (χ3v) is 6.73. The number of carbonyl (C=O) groups is 1. The van der Waals surface area contributed by atoms with Gasteiger partial charge in [-0.15, -0.1) is 12.4 Å². The fraction of sp³-hybridized carbons (Fsp3) is 0.500. The number of sulfonamides is 1. The van der Waals surface area contributed by atoms with Crippen molar-refractivity contribution in [2.24, 2.45) is 11.7 Å². The highest BCUT2D eigenvalue weighted by Crippen LogP contribution is 2.31. The Morgan fingerprint density at radius 2 is 1.83 bits per heavy atom. The fourth-order valence-corrected chi connectivity index (χ4v) is 4.54. The number of hydrogen-bond acceptors (Lipinski definition) is 4. The zero-order valence-corrected chi connectivity index (χ0v) is 16.3. The number of hydrogen-bond donors (Lipinski definition) is 1. The molecule has 6 nitrogen and oxygen atoms in total. The number of piperazine rings is 1. The highest BCUT2D eigenvalue weighted by Gasteiger charge is 2.32. The molecule has 136 valence electrons. The Kier molecular flexibility index (Phi) is 7.77. The van der Waals surface area contributed by atoms with Gasteiger partial charge in [0.15, 0.2) is 0 Å². The second kappa shape index (κ2) is 8.69. The van der Waals surface area contributed by atoms with E-state index in [0.29, 0.717) is 13.1 Å².